The summed E-state index contributed by atoms with van der Waals surface area (Å²) in [5.74, 6) is 0.108. The first-order valence-corrected chi connectivity index (χ1v) is 6.57. The van der Waals surface area contributed by atoms with Crippen molar-refractivity contribution in [2.24, 2.45) is 0 Å². The lowest BCUT2D eigenvalue weighted by molar-refractivity contribution is -0.128. The molecule has 104 valence electrons. The summed E-state index contributed by atoms with van der Waals surface area (Å²) in [6.45, 7) is 2.51. The van der Waals surface area contributed by atoms with Crippen LogP contribution in [0.2, 0.25) is 0 Å². The highest BCUT2D eigenvalue weighted by Gasteiger charge is 2.17. The third-order valence-electron chi connectivity index (χ3n) is 2.24. The molecule has 18 heavy (non-hydrogen) atoms. The number of rotatable bonds is 10. The minimum Gasteiger partial charge on any atom is -0.359 e. The predicted octanol–water partition coefficient (Wildman–Crippen LogP) is -0.547. The number of amides is 3. The summed E-state index contributed by atoms with van der Waals surface area (Å²) in [7, 11) is 0. The van der Waals surface area contributed by atoms with Gasteiger partial charge in [-0.25, -0.2) is 0 Å². The van der Waals surface area contributed by atoms with E-state index in [0.29, 0.717) is 31.7 Å². The van der Waals surface area contributed by atoms with E-state index in [0.717, 1.165) is 12.8 Å². The van der Waals surface area contributed by atoms with Crippen molar-refractivity contribution in [3.8, 4) is 0 Å². The Morgan fingerprint density at radius 1 is 1.28 bits per heavy atom. The molecule has 6 nitrogen and oxygen atoms in total. The summed E-state index contributed by atoms with van der Waals surface area (Å²) in [5, 5.41) is 7.87. The summed E-state index contributed by atoms with van der Waals surface area (Å²) < 4.78 is 0. The molecule has 0 aliphatic rings. The van der Waals surface area contributed by atoms with Crippen molar-refractivity contribution in [2.75, 3.05) is 18.8 Å². The van der Waals surface area contributed by atoms with E-state index >= 15 is 0 Å². The number of hydrogen-bond donors (Lipinski definition) is 4. The molecule has 0 heterocycles. The van der Waals surface area contributed by atoms with Crippen LogP contribution in [0.15, 0.2) is 0 Å². The SMILES string of the molecule is CC(=O)NC(CCS)C(=O)NCCCCNC=O. The number of unbranched alkanes of at least 4 members (excludes halogenated alkanes) is 1. The minimum absolute atomic E-state index is 0.192. The Hall–Kier alpha value is -1.24. The quantitative estimate of drug-likeness (QED) is 0.245. The summed E-state index contributed by atoms with van der Waals surface area (Å²) in [5.41, 5.74) is 0. The average Bonchev–Trinajstić information content (AvgIpc) is 2.32. The Balaban J connectivity index is 3.80. The van der Waals surface area contributed by atoms with Gasteiger partial charge in [0.25, 0.3) is 0 Å². The van der Waals surface area contributed by atoms with Crippen LogP contribution in [-0.2, 0) is 14.4 Å². The number of hydrogen-bond acceptors (Lipinski definition) is 4. The molecule has 3 N–H and O–H groups in total. The molecule has 0 saturated heterocycles. The molecule has 0 fully saturated rings. The van der Waals surface area contributed by atoms with E-state index in [2.05, 4.69) is 28.6 Å². The van der Waals surface area contributed by atoms with Crippen LogP contribution >= 0.6 is 12.6 Å². The van der Waals surface area contributed by atoms with E-state index in [9.17, 15) is 14.4 Å². The highest BCUT2D eigenvalue weighted by atomic mass is 32.1. The lowest BCUT2D eigenvalue weighted by Gasteiger charge is -2.16. The fourth-order valence-electron chi connectivity index (χ4n) is 1.39. The zero-order valence-corrected chi connectivity index (χ0v) is 11.5. The van der Waals surface area contributed by atoms with Gasteiger partial charge < -0.3 is 16.0 Å². The fraction of sp³-hybridized carbons (Fsp3) is 0.727. The molecule has 0 spiro atoms. The van der Waals surface area contributed by atoms with Crippen LogP contribution in [0.25, 0.3) is 0 Å². The second-order valence-electron chi connectivity index (χ2n) is 3.84. The van der Waals surface area contributed by atoms with Crippen molar-refractivity contribution in [2.45, 2.75) is 32.2 Å². The fourth-order valence-corrected chi connectivity index (χ4v) is 1.65. The van der Waals surface area contributed by atoms with Gasteiger partial charge in [0.15, 0.2) is 0 Å². The molecule has 1 unspecified atom stereocenters. The van der Waals surface area contributed by atoms with Crippen molar-refractivity contribution >= 4 is 30.9 Å². The summed E-state index contributed by atoms with van der Waals surface area (Å²) >= 11 is 4.05. The molecule has 3 amide bonds. The molecule has 0 aromatic rings. The highest BCUT2D eigenvalue weighted by Crippen LogP contribution is 1.95. The van der Waals surface area contributed by atoms with Crippen LogP contribution in [0.3, 0.4) is 0 Å². The summed E-state index contributed by atoms with van der Waals surface area (Å²) in [6.07, 6.45) is 2.73. The molecule has 0 rings (SSSR count). The van der Waals surface area contributed by atoms with Gasteiger partial charge in [0.05, 0.1) is 0 Å². The molecule has 7 heteroatoms. The smallest absolute Gasteiger partial charge is 0.242 e. The Morgan fingerprint density at radius 2 is 1.94 bits per heavy atom. The van der Waals surface area contributed by atoms with E-state index in [-0.39, 0.29) is 11.8 Å². The zero-order valence-electron chi connectivity index (χ0n) is 10.6. The molecule has 0 aliphatic heterocycles. The van der Waals surface area contributed by atoms with Gasteiger partial charge in [0, 0.05) is 20.0 Å². The predicted molar refractivity (Wildman–Crippen MR) is 72.4 cm³/mol. The Labute approximate surface area is 113 Å². The van der Waals surface area contributed by atoms with E-state index < -0.39 is 6.04 Å². The minimum atomic E-state index is -0.520. The monoisotopic (exact) mass is 275 g/mol. The van der Waals surface area contributed by atoms with E-state index in [4.69, 9.17) is 0 Å². The molecule has 0 aromatic carbocycles. The van der Waals surface area contributed by atoms with E-state index in [1.165, 1.54) is 6.92 Å². The molecule has 0 bridgehead atoms. The van der Waals surface area contributed by atoms with Gasteiger partial charge in [0.1, 0.15) is 6.04 Å². The average molecular weight is 275 g/mol. The van der Waals surface area contributed by atoms with Crippen molar-refractivity contribution < 1.29 is 14.4 Å². The lowest BCUT2D eigenvalue weighted by atomic mass is 10.2. The van der Waals surface area contributed by atoms with Gasteiger partial charge in [-0.3, -0.25) is 14.4 Å². The molecule has 0 radical (unpaired) electrons. The van der Waals surface area contributed by atoms with Crippen molar-refractivity contribution in [3.05, 3.63) is 0 Å². The van der Waals surface area contributed by atoms with Crippen LogP contribution in [-0.4, -0.2) is 43.1 Å². The third kappa shape index (κ3) is 8.86. The molecule has 0 saturated carbocycles. The largest absolute Gasteiger partial charge is 0.359 e. The van der Waals surface area contributed by atoms with Crippen molar-refractivity contribution in [1.29, 1.82) is 0 Å². The topological polar surface area (TPSA) is 87.3 Å². The second kappa shape index (κ2) is 10.9. The Morgan fingerprint density at radius 3 is 2.50 bits per heavy atom. The number of thiol groups is 1. The number of nitrogens with one attached hydrogen (secondary N) is 3. The highest BCUT2D eigenvalue weighted by molar-refractivity contribution is 7.80. The van der Waals surface area contributed by atoms with Crippen molar-refractivity contribution in [3.63, 3.8) is 0 Å². The number of carbonyl (C=O) groups is 3. The summed E-state index contributed by atoms with van der Waals surface area (Å²) in [4.78, 5) is 32.6. The first-order chi connectivity index (χ1) is 8.61. The lowest BCUT2D eigenvalue weighted by Crippen LogP contribution is -2.46. The van der Waals surface area contributed by atoms with E-state index in [1.807, 2.05) is 0 Å². The molecular formula is C11H21N3O3S. The molecule has 1 atom stereocenters. The van der Waals surface area contributed by atoms with Gasteiger partial charge in [-0.15, -0.1) is 0 Å². The normalized spacial score (nSPS) is 11.4. The standard InChI is InChI=1S/C11H21N3O3S/c1-9(16)14-10(4-7-18)11(17)13-6-3-2-5-12-8-15/h8,10,18H,2-7H2,1H3,(H,12,15)(H,13,17)(H,14,16). The summed E-state index contributed by atoms with van der Waals surface area (Å²) in [6, 6.07) is -0.520. The van der Waals surface area contributed by atoms with Crippen molar-refractivity contribution in [1.82, 2.24) is 16.0 Å². The van der Waals surface area contributed by atoms with Crippen LogP contribution in [0, 0.1) is 0 Å². The first kappa shape index (κ1) is 16.8. The zero-order chi connectivity index (χ0) is 13.8. The van der Waals surface area contributed by atoms with Gasteiger partial charge in [-0.1, -0.05) is 0 Å². The van der Waals surface area contributed by atoms with Crippen LogP contribution in [0.5, 0.6) is 0 Å². The maximum atomic E-state index is 11.7. The molecular weight excluding hydrogens is 254 g/mol. The second-order valence-corrected chi connectivity index (χ2v) is 4.28. The van der Waals surface area contributed by atoms with Gasteiger partial charge in [0.2, 0.25) is 18.2 Å². The molecule has 0 aromatic heterocycles. The van der Waals surface area contributed by atoms with Gasteiger partial charge >= 0.3 is 0 Å². The Bertz CT molecular complexity index is 274. The molecule has 0 aliphatic carbocycles. The third-order valence-corrected chi connectivity index (χ3v) is 2.50. The van der Waals surface area contributed by atoms with Gasteiger partial charge in [-0.2, -0.15) is 12.6 Å². The van der Waals surface area contributed by atoms with E-state index in [1.54, 1.807) is 0 Å². The Kier molecular flexibility index (Phi) is 10.1. The first-order valence-electron chi connectivity index (χ1n) is 5.94. The van der Waals surface area contributed by atoms with Crippen LogP contribution in [0.4, 0.5) is 0 Å². The maximum Gasteiger partial charge on any atom is 0.242 e. The van der Waals surface area contributed by atoms with Crippen LogP contribution < -0.4 is 16.0 Å². The maximum absolute atomic E-state index is 11.7. The van der Waals surface area contributed by atoms with Crippen LogP contribution in [0.1, 0.15) is 26.2 Å². The van der Waals surface area contributed by atoms with Gasteiger partial charge in [-0.05, 0) is 25.0 Å². The number of carbonyl (C=O) groups excluding carboxylic acids is 3.